The number of rotatable bonds is 11. The molecule has 4 aromatic carbocycles. The normalized spacial score (nSPS) is 17.0. The third-order valence-corrected chi connectivity index (χ3v) is 12.4. The quantitative estimate of drug-likeness (QED) is 0.124. The number of benzene rings is 4. The Morgan fingerprint density at radius 1 is 1.00 bits per heavy atom. The summed E-state index contributed by atoms with van der Waals surface area (Å²) in [5, 5.41) is 11.4. The first-order chi connectivity index (χ1) is 29.7. The van der Waals surface area contributed by atoms with E-state index in [-0.39, 0.29) is 61.7 Å². The summed E-state index contributed by atoms with van der Waals surface area (Å²) in [6.07, 6.45) is -2.77. The monoisotopic (exact) mass is 928 g/mol. The van der Waals surface area contributed by atoms with Crippen LogP contribution in [-0.4, -0.2) is 49.7 Å². The number of fused-ring (bicyclic) bond motifs is 5. The number of nitrogens with one attached hydrogen (secondary N) is 2. The van der Waals surface area contributed by atoms with Crippen LogP contribution in [0.4, 0.5) is 32.2 Å². The molecule has 3 atom stereocenters. The Kier molecular flexibility index (Phi) is 10.2. The SMILES string of the molecule is Cc1cc(Cl)ccc1-c1ccc2c(=O)n(-c3ccc(Cl)c4c(NS(C)(=O)=O)nn(C)c34)c([C@H](Cc3cc(F)cc(F)c3)NC(=O)Cn3nc(C(F)F)c4c3C(F)(F)C3C[C@H]43)nc2c1. The van der Waals surface area contributed by atoms with Crippen molar-refractivity contribution in [1.29, 1.82) is 0 Å². The van der Waals surface area contributed by atoms with Gasteiger partial charge in [-0.2, -0.15) is 19.0 Å². The number of sulfonamides is 1. The second-order valence-electron chi connectivity index (χ2n) is 15.7. The second-order valence-corrected chi connectivity index (χ2v) is 18.3. The number of anilines is 1. The van der Waals surface area contributed by atoms with Gasteiger partial charge in [-0.1, -0.05) is 35.3 Å². The number of aryl methyl sites for hydroxylation is 2. The van der Waals surface area contributed by atoms with Gasteiger partial charge in [-0.15, -0.1) is 0 Å². The number of carbonyl (C=O) groups excluding carboxylic acids is 1. The molecular formula is C42H32Cl2F6N8O4S. The Balaban J connectivity index is 1.26. The highest BCUT2D eigenvalue weighted by Gasteiger charge is 2.67. The molecule has 0 radical (unpaired) electrons. The van der Waals surface area contributed by atoms with Crippen molar-refractivity contribution in [1.82, 2.24) is 34.4 Å². The zero-order valence-electron chi connectivity index (χ0n) is 33.0. The highest BCUT2D eigenvalue weighted by atomic mass is 35.5. The first-order valence-electron chi connectivity index (χ1n) is 19.2. The van der Waals surface area contributed by atoms with Gasteiger partial charge in [0.2, 0.25) is 15.9 Å². The molecule has 1 unspecified atom stereocenters. The van der Waals surface area contributed by atoms with E-state index in [0.717, 1.165) is 34.1 Å². The van der Waals surface area contributed by atoms with Crippen LogP contribution < -0.4 is 15.6 Å². The lowest BCUT2D eigenvalue weighted by atomic mass is 9.99. The molecule has 0 bridgehead atoms. The van der Waals surface area contributed by atoms with Gasteiger partial charge < -0.3 is 5.32 Å². The van der Waals surface area contributed by atoms with E-state index in [9.17, 15) is 30.8 Å². The van der Waals surface area contributed by atoms with Crippen molar-refractivity contribution < 1.29 is 39.6 Å². The molecule has 1 fully saturated rings. The van der Waals surface area contributed by atoms with Gasteiger partial charge in [-0.3, -0.25) is 28.2 Å². The van der Waals surface area contributed by atoms with Crippen molar-refractivity contribution >= 4 is 66.8 Å². The van der Waals surface area contributed by atoms with Crippen LogP contribution in [0.25, 0.3) is 38.6 Å². The van der Waals surface area contributed by atoms with Gasteiger partial charge in [0, 0.05) is 36.0 Å². The van der Waals surface area contributed by atoms with Crippen LogP contribution in [0.1, 0.15) is 58.7 Å². The van der Waals surface area contributed by atoms with Crippen LogP contribution in [0.15, 0.2) is 71.5 Å². The average molecular weight is 930 g/mol. The van der Waals surface area contributed by atoms with Crippen LogP contribution in [0.3, 0.4) is 0 Å². The number of hydrogen-bond donors (Lipinski definition) is 2. The van der Waals surface area contributed by atoms with Crippen molar-refractivity contribution in [3.05, 3.63) is 133 Å². The zero-order valence-corrected chi connectivity index (χ0v) is 35.4. The molecule has 2 aliphatic carbocycles. The average Bonchev–Trinajstić information content (AvgIpc) is 3.72. The number of amides is 1. The number of nitrogens with zero attached hydrogens (tertiary/aromatic N) is 6. The van der Waals surface area contributed by atoms with E-state index in [1.807, 2.05) is 6.92 Å². The summed E-state index contributed by atoms with van der Waals surface area (Å²) < 4.78 is 119. The van der Waals surface area contributed by atoms with Crippen LogP contribution in [-0.2, 0) is 40.8 Å². The van der Waals surface area contributed by atoms with Crippen molar-refractivity contribution in [3.8, 4) is 16.8 Å². The predicted octanol–water partition coefficient (Wildman–Crippen LogP) is 8.65. The van der Waals surface area contributed by atoms with E-state index in [0.29, 0.717) is 21.3 Å². The lowest BCUT2D eigenvalue weighted by molar-refractivity contribution is -0.123. The maximum Gasteiger partial charge on any atom is 0.293 e. The molecule has 7 aromatic rings. The van der Waals surface area contributed by atoms with Crippen molar-refractivity contribution in [2.24, 2.45) is 13.0 Å². The molecule has 1 amide bonds. The molecule has 0 aliphatic heterocycles. The Bertz CT molecular complexity index is 3250. The lowest BCUT2D eigenvalue weighted by Gasteiger charge is -2.24. The Morgan fingerprint density at radius 2 is 1.73 bits per heavy atom. The highest BCUT2D eigenvalue weighted by molar-refractivity contribution is 7.92. The minimum Gasteiger partial charge on any atom is -0.344 e. The number of aromatic nitrogens is 6. The highest BCUT2D eigenvalue weighted by Crippen LogP contribution is 2.68. The van der Waals surface area contributed by atoms with Crippen molar-refractivity contribution in [2.75, 3.05) is 11.0 Å². The number of carbonyl (C=O) groups is 1. The molecule has 63 heavy (non-hydrogen) atoms. The van der Waals surface area contributed by atoms with E-state index >= 15 is 13.6 Å². The van der Waals surface area contributed by atoms with Gasteiger partial charge in [0.1, 0.15) is 35.4 Å². The van der Waals surface area contributed by atoms with Gasteiger partial charge in [-0.05, 0) is 90.0 Å². The van der Waals surface area contributed by atoms with Crippen LogP contribution >= 0.6 is 23.2 Å². The van der Waals surface area contributed by atoms with E-state index in [1.54, 1.807) is 30.3 Å². The Hall–Kier alpha value is -5.92. The molecule has 2 N–H and O–H groups in total. The third kappa shape index (κ3) is 7.48. The maximum absolute atomic E-state index is 15.5. The largest absolute Gasteiger partial charge is 0.344 e. The van der Waals surface area contributed by atoms with Crippen molar-refractivity contribution in [3.63, 3.8) is 0 Å². The molecule has 12 nitrogen and oxygen atoms in total. The molecule has 0 spiro atoms. The number of alkyl halides is 4. The summed E-state index contributed by atoms with van der Waals surface area (Å²) in [7, 11) is -2.46. The fraction of sp³-hybridized carbons (Fsp3) is 0.262. The standard InChI is InChI=1S/C42H32Cl2F6N8O4S/c1-18-10-21(43)5-7-24(18)20-4-6-25-29(14-20)52-40(58(41(25)60)31-9-8-28(44)34-36(31)56(2)54-39(34)55-63(3,61)62)30(13-19-11-22(45)15-23(46)12-19)51-32(59)17-57-37-33(35(53-57)38(47)48)26-16-27(26)42(37,49)50/h4-12,14-15,26-27,30,38H,13,16-17H2,1-3H3,(H,51,59)(H,54,55)/t26-,27?,30-/m0/s1. The van der Waals surface area contributed by atoms with Crippen molar-refractivity contribution in [2.45, 2.75) is 50.6 Å². The number of hydrogen-bond acceptors (Lipinski definition) is 7. The minimum absolute atomic E-state index is 0.00518. The predicted molar refractivity (Wildman–Crippen MR) is 223 cm³/mol. The third-order valence-electron chi connectivity index (χ3n) is 11.3. The van der Waals surface area contributed by atoms with E-state index in [1.165, 1.54) is 29.9 Å². The summed E-state index contributed by atoms with van der Waals surface area (Å²) >= 11 is 12.9. The smallest absolute Gasteiger partial charge is 0.293 e. The van der Waals surface area contributed by atoms with Gasteiger partial charge in [0.15, 0.2) is 5.82 Å². The van der Waals surface area contributed by atoms with Crippen LogP contribution in [0, 0.1) is 24.5 Å². The molecule has 3 aromatic heterocycles. The fourth-order valence-electron chi connectivity index (χ4n) is 8.70. The summed E-state index contributed by atoms with van der Waals surface area (Å²) in [5.74, 6) is -9.02. The Labute approximate surface area is 363 Å². The number of halogens is 8. The van der Waals surface area contributed by atoms with Gasteiger partial charge >= 0.3 is 0 Å². The van der Waals surface area contributed by atoms with Crippen LogP contribution in [0.5, 0.6) is 0 Å². The molecule has 21 heteroatoms. The molecule has 2 aliphatic rings. The maximum atomic E-state index is 15.5. The molecule has 326 valence electrons. The molecule has 0 saturated heterocycles. The molecule has 9 rings (SSSR count). The lowest BCUT2D eigenvalue weighted by Crippen LogP contribution is -2.38. The summed E-state index contributed by atoms with van der Waals surface area (Å²) in [4.78, 5) is 34.1. The summed E-state index contributed by atoms with van der Waals surface area (Å²) in [5.41, 5.74) is -0.322. The minimum atomic E-state index is -3.91. The summed E-state index contributed by atoms with van der Waals surface area (Å²) in [6.45, 7) is 0.847. The first-order valence-corrected chi connectivity index (χ1v) is 21.8. The van der Waals surface area contributed by atoms with Gasteiger partial charge in [0.25, 0.3) is 17.9 Å². The molecular weight excluding hydrogens is 897 g/mol. The van der Waals surface area contributed by atoms with Crippen LogP contribution in [0.2, 0.25) is 10.0 Å². The Morgan fingerprint density at radius 3 is 2.41 bits per heavy atom. The van der Waals surface area contributed by atoms with Gasteiger partial charge in [0.05, 0.1) is 44.8 Å². The summed E-state index contributed by atoms with van der Waals surface area (Å²) in [6, 6.07) is 13.9. The van der Waals surface area contributed by atoms with E-state index in [4.69, 9.17) is 28.2 Å². The van der Waals surface area contributed by atoms with E-state index < -0.39 is 87.7 Å². The first kappa shape index (κ1) is 42.4. The zero-order chi connectivity index (χ0) is 45.0. The fourth-order valence-corrected chi connectivity index (χ4v) is 9.66. The topological polar surface area (TPSA) is 146 Å². The van der Waals surface area contributed by atoms with E-state index in [2.05, 4.69) is 20.2 Å². The second kappa shape index (κ2) is 15.1. The molecule has 1 saturated carbocycles. The van der Waals surface area contributed by atoms with Gasteiger partial charge in [-0.25, -0.2) is 31.0 Å². The molecule has 3 heterocycles.